The van der Waals surface area contributed by atoms with Crippen molar-refractivity contribution in [2.24, 2.45) is 0 Å². The third-order valence-electron chi connectivity index (χ3n) is 5.11. The molecule has 0 atom stereocenters. The van der Waals surface area contributed by atoms with E-state index in [2.05, 4.69) is 33.9 Å². The zero-order valence-corrected chi connectivity index (χ0v) is 16.4. The van der Waals surface area contributed by atoms with Crippen molar-refractivity contribution in [1.82, 2.24) is 19.3 Å². The van der Waals surface area contributed by atoms with Gasteiger partial charge in [0, 0.05) is 42.4 Å². The van der Waals surface area contributed by atoms with Gasteiger partial charge in [0.15, 0.2) is 0 Å². The van der Waals surface area contributed by atoms with Crippen molar-refractivity contribution in [1.29, 1.82) is 0 Å². The van der Waals surface area contributed by atoms with Gasteiger partial charge in [0.1, 0.15) is 5.65 Å². The SMILES string of the molecule is Cc1ccccc1-n1c(C)cc(C(=O)NCCc2cn3ccccc3n2)c1C. The Labute approximate surface area is 164 Å². The van der Waals surface area contributed by atoms with Gasteiger partial charge in [-0.3, -0.25) is 4.79 Å². The second-order valence-corrected chi connectivity index (χ2v) is 7.11. The van der Waals surface area contributed by atoms with Crippen LogP contribution in [0.2, 0.25) is 0 Å². The minimum absolute atomic E-state index is 0.0447. The molecule has 0 radical (unpaired) electrons. The Hall–Kier alpha value is -3.34. The lowest BCUT2D eigenvalue weighted by Crippen LogP contribution is -2.26. The van der Waals surface area contributed by atoms with Gasteiger partial charge in [0.05, 0.1) is 11.3 Å². The predicted octanol–water partition coefficient (Wildman–Crippen LogP) is 4.02. The number of aryl methyl sites for hydroxylation is 2. The highest BCUT2D eigenvalue weighted by atomic mass is 16.1. The monoisotopic (exact) mass is 372 g/mol. The number of pyridine rings is 1. The average Bonchev–Trinajstić information content (AvgIpc) is 3.22. The molecule has 0 unspecified atom stereocenters. The maximum Gasteiger partial charge on any atom is 0.253 e. The molecule has 28 heavy (non-hydrogen) atoms. The number of hydrogen-bond acceptors (Lipinski definition) is 2. The van der Waals surface area contributed by atoms with E-state index in [4.69, 9.17) is 0 Å². The van der Waals surface area contributed by atoms with Crippen molar-refractivity contribution in [2.45, 2.75) is 27.2 Å². The summed E-state index contributed by atoms with van der Waals surface area (Å²) in [4.78, 5) is 17.3. The molecule has 0 aliphatic rings. The molecule has 3 heterocycles. The minimum Gasteiger partial charge on any atom is -0.352 e. The lowest BCUT2D eigenvalue weighted by Gasteiger charge is -2.12. The van der Waals surface area contributed by atoms with Crippen molar-refractivity contribution in [3.8, 4) is 5.69 Å². The summed E-state index contributed by atoms with van der Waals surface area (Å²) in [5.74, 6) is -0.0447. The Balaban J connectivity index is 1.48. The molecule has 0 saturated carbocycles. The summed E-state index contributed by atoms with van der Waals surface area (Å²) in [5.41, 5.74) is 6.91. The summed E-state index contributed by atoms with van der Waals surface area (Å²) in [6.45, 7) is 6.67. The molecule has 4 rings (SSSR count). The van der Waals surface area contributed by atoms with Gasteiger partial charge in [-0.05, 0) is 50.6 Å². The van der Waals surface area contributed by atoms with Crippen LogP contribution in [0.3, 0.4) is 0 Å². The molecule has 0 bridgehead atoms. The minimum atomic E-state index is -0.0447. The molecule has 0 fully saturated rings. The standard InChI is InChI=1S/C23H24N4O/c1-16-8-4-5-9-21(16)27-17(2)14-20(18(27)3)23(28)24-12-11-19-15-26-13-7-6-10-22(26)25-19/h4-10,13-15H,11-12H2,1-3H3,(H,24,28). The van der Waals surface area contributed by atoms with Crippen LogP contribution in [0.15, 0.2) is 60.9 Å². The number of hydrogen-bond donors (Lipinski definition) is 1. The fourth-order valence-electron chi connectivity index (χ4n) is 3.68. The summed E-state index contributed by atoms with van der Waals surface area (Å²) < 4.78 is 4.14. The number of nitrogens with zero attached hydrogens (tertiary/aromatic N) is 3. The number of benzene rings is 1. The van der Waals surface area contributed by atoms with Crippen LogP contribution in [-0.4, -0.2) is 26.4 Å². The molecule has 0 saturated heterocycles. The van der Waals surface area contributed by atoms with E-state index >= 15 is 0 Å². The maximum atomic E-state index is 12.8. The number of fused-ring (bicyclic) bond motifs is 1. The molecule has 5 heteroatoms. The molecule has 1 N–H and O–H groups in total. The van der Waals surface area contributed by atoms with E-state index < -0.39 is 0 Å². The van der Waals surface area contributed by atoms with Gasteiger partial charge >= 0.3 is 0 Å². The molecule has 142 valence electrons. The van der Waals surface area contributed by atoms with Crippen molar-refractivity contribution in [3.63, 3.8) is 0 Å². The van der Waals surface area contributed by atoms with Crippen LogP contribution >= 0.6 is 0 Å². The highest BCUT2D eigenvalue weighted by Gasteiger charge is 2.17. The molecule has 1 amide bonds. The van der Waals surface area contributed by atoms with Gasteiger partial charge in [0.2, 0.25) is 0 Å². The third kappa shape index (κ3) is 3.31. The predicted molar refractivity (Wildman–Crippen MR) is 111 cm³/mol. The first kappa shape index (κ1) is 18.0. The first-order valence-corrected chi connectivity index (χ1v) is 9.50. The molecule has 4 aromatic rings. The third-order valence-corrected chi connectivity index (χ3v) is 5.11. The zero-order valence-electron chi connectivity index (χ0n) is 16.4. The van der Waals surface area contributed by atoms with Crippen LogP contribution in [0, 0.1) is 20.8 Å². The molecular formula is C23H24N4O. The lowest BCUT2D eigenvalue weighted by molar-refractivity contribution is 0.0953. The van der Waals surface area contributed by atoms with Crippen molar-refractivity contribution in [2.75, 3.05) is 6.54 Å². The molecule has 0 aliphatic heterocycles. The summed E-state index contributed by atoms with van der Waals surface area (Å²) in [5, 5.41) is 3.04. The highest BCUT2D eigenvalue weighted by Crippen LogP contribution is 2.23. The summed E-state index contributed by atoms with van der Waals surface area (Å²) >= 11 is 0. The summed E-state index contributed by atoms with van der Waals surface area (Å²) in [7, 11) is 0. The number of amides is 1. The molecule has 1 aromatic carbocycles. The number of carbonyl (C=O) groups excluding carboxylic acids is 1. The van der Waals surface area contributed by atoms with Crippen molar-refractivity contribution in [3.05, 3.63) is 89.1 Å². The van der Waals surface area contributed by atoms with Crippen LogP contribution in [0.25, 0.3) is 11.3 Å². The second kappa shape index (κ2) is 7.35. The topological polar surface area (TPSA) is 51.3 Å². The average molecular weight is 372 g/mol. The van der Waals surface area contributed by atoms with E-state index in [-0.39, 0.29) is 5.91 Å². The van der Waals surface area contributed by atoms with E-state index in [1.165, 1.54) is 5.56 Å². The molecule has 0 aliphatic carbocycles. The fourth-order valence-corrected chi connectivity index (χ4v) is 3.68. The van der Waals surface area contributed by atoms with E-state index in [1.807, 2.05) is 67.0 Å². The quantitative estimate of drug-likeness (QED) is 0.575. The van der Waals surface area contributed by atoms with E-state index in [9.17, 15) is 4.79 Å². The second-order valence-electron chi connectivity index (χ2n) is 7.11. The molecule has 5 nitrogen and oxygen atoms in total. The number of imidazole rings is 1. The summed E-state index contributed by atoms with van der Waals surface area (Å²) in [6, 6.07) is 16.1. The first-order valence-electron chi connectivity index (χ1n) is 9.50. The number of nitrogens with one attached hydrogen (secondary N) is 1. The number of para-hydroxylation sites is 1. The number of carbonyl (C=O) groups is 1. The van der Waals surface area contributed by atoms with Crippen LogP contribution in [0.4, 0.5) is 0 Å². The summed E-state index contributed by atoms with van der Waals surface area (Å²) in [6.07, 6.45) is 4.68. The smallest absolute Gasteiger partial charge is 0.253 e. The Kier molecular flexibility index (Phi) is 4.74. The molecular weight excluding hydrogens is 348 g/mol. The normalized spacial score (nSPS) is 11.1. The van der Waals surface area contributed by atoms with Gasteiger partial charge in [-0.1, -0.05) is 24.3 Å². The first-order chi connectivity index (χ1) is 13.5. The van der Waals surface area contributed by atoms with Crippen molar-refractivity contribution < 1.29 is 4.79 Å². The van der Waals surface area contributed by atoms with Gasteiger partial charge < -0.3 is 14.3 Å². The zero-order chi connectivity index (χ0) is 19.7. The van der Waals surface area contributed by atoms with Gasteiger partial charge in [-0.15, -0.1) is 0 Å². The maximum absolute atomic E-state index is 12.8. The Morgan fingerprint density at radius 3 is 2.64 bits per heavy atom. The van der Waals surface area contributed by atoms with Crippen LogP contribution in [-0.2, 0) is 6.42 Å². The van der Waals surface area contributed by atoms with Crippen LogP contribution in [0.5, 0.6) is 0 Å². The van der Waals surface area contributed by atoms with Gasteiger partial charge in [0.25, 0.3) is 5.91 Å². The Morgan fingerprint density at radius 2 is 1.86 bits per heavy atom. The van der Waals surface area contributed by atoms with Gasteiger partial charge in [-0.25, -0.2) is 4.98 Å². The van der Waals surface area contributed by atoms with Crippen LogP contribution < -0.4 is 5.32 Å². The highest BCUT2D eigenvalue weighted by molar-refractivity contribution is 5.96. The molecule has 0 spiro atoms. The number of aromatic nitrogens is 3. The van der Waals surface area contributed by atoms with E-state index in [1.54, 1.807) is 0 Å². The van der Waals surface area contributed by atoms with E-state index in [0.29, 0.717) is 13.0 Å². The Bertz CT molecular complexity index is 1120. The number of rotatable bonds is 5. The van der Waals surface area contributed by atoms with E-state index in [0.717, 1.165) is 34.0 Å². The lowest BCUT2D eigenvalue weighted by atomic mass is 10.2. The molecule has 3 aromatic heterocycles. The van der Waals surface area contributed by atoms with Crippen molar-refractivity contribution >= 4 is 11.6 Å². The largest absolute Gasteiger partial charge is 0.352 e. The van der Waals surface area contributed by atoms with Gasteiger partial charge in [-0.2, -0.15) is 0 Å². The Morgan fingerprint density at radius 1 is 1.07 bits per heavy atom. The fraction of sp³-hybridized carbons (Fsp3) is 0.217. The van der Waals surface area contributed by atoms with Crippen LogP contribution in [0.1, 0.15) is 33.0 Å².